The molecule has 2 unspecified atom stereocenters. The summed E-state index contributed by atoms with van der Waals surface area (Å²) in [6, 6.07) is 14.8. The highest BCUT2D eigenvalue weighted by molar-refractivity contribution is 6.34. The second-order valence-corrected chi connectivity index (χ2v) is 10.2. The highest BCUT2D eigenvalue weighted by atomic mass is 35.5. The first-order valence-corrected chi connectivity index (χ1v) is 14.0. The number of rotatable bonds is 8. The molecule has 2 N–H and O–H groups in total. The summed E-state index contributed by atoms with van der Waals surface area (Å²) in [7, 11) is 1.54. The van der Waals surface area contributed by atoms with Gasteiger partial charge in [0, 0.05) is 61.4 Å². The Morgan fingerprint density at radius 1 is 1.07 bits per heavy atom. The van der Waals surface area contributed by atoms with E-state index in [4.69, 9.17) is 37.4 Å². The summed E-state index contributed by atoms with van der Waals surface area (Å²) < 4.78 is 19.4. The molecule has 0 spiro atoms. The maximum atomic E-state index is 12.2. The third-order valence-corrected chi connectivity index (χ3v) is 6.87. The lowest BCUT2D eigenvalue weighted by atomic mass is 10.2. The van der Waals surface area contributed by atoms with Crippen LogP contribution in [0, 0.1) is 0 Å². The van der Waals surface area contributed by atoms with Gasteiger partial charge in [0.15, 0.2) is 6.29 Å². The number of likely N-dealkylation sites (N-methyl/N-ethyl adjacent to an activating group) is 1. The first kappa shape index (κ1) is 30.4. The minimum absolute atomic E-state index is 0.0136. The zero-order valence-corrected chi connectivity index (χ0v) is 24.3. The SMILES string of the molecule is CNC(=O)CNC(=O)N1CCN(c2ccc(OCC3COC(Cn4ccnc4)O3)cc2)CC1.Clc1cccc(Cl)c1. The minimum Gasteiger partial charge on any atom is -0.491 e. The number of benzene rings is 2. The fourth-order valence-electron chi connectivity index (χ4n) is 4.18. The number of piperazine rings is 1. The van der Waals surface area contributed by atoms with Crippen molar-refractivity contribution in [2.24, 2.45) is 0 Å². The number of carbonyl (C=O) groups excluding carboxylic acids is 2. The molecule has 0 radical (unpaired) electrons. The van der Waals surface area contributed by atoms with E-state index in [-0.39, 0.29) is 30.9 Å². The van der Waals surface area contributed by atoms with Crippen molar-refractivity contribution >= 4 is 40.8 Å². The molecule has 0 bridgehead atoms. The number of halogens is 2. The first-order chi connectivity index (χ1) is 19.9. The Morgan fingerprint density at radius 3 is 2.41 bits per heavy atom. The molecule has 13 heteroatoms. The van der Waals surface area contributed by atoms with Gasteiger partial charge in [0.05, 0.1) is 26.0 Å². The maximum absolute atomic E-state index is 12.2. The molecule has 2 aliphatic heterocycles. The quantitative estimate of drug-likeness (QED) is 0.406. The van der Waals surface area contributed by atoms with Crippen molar-refractivity contribution in [3.05, 3.63) is 77.3 Å². The van der Waals surface area contributed by atoms with E-state index in [0.29, 0.717) is 42.9 Å². The van der Waals surface area contributed by atoms with Crippen LogP contribution in [0.2, 0.25) is 10.0 Å². The zero-order valence-electron chi connectivity index (χ0n) is 22.7. The van der Waals surface area contributed by atoms with Crippen molar-refractivity contribution in [2.75, 3.05) is 57.9 Å². The van der Waals surface area contributed by atoms with Crippen LogP contribution < -0.4 is 20.3 Å². The number of hydrogen-bond donors (Lipinski definition) is 2. The van der Waals surface area contributed by atoms with E-state index in [2.05, 4.69) is 20.5 Å². The largest absolute Gasteiger partial charge is 0.491 e. The van der Waals surface area contributed by atoms with Crippen LogP contribution in [0.5, 0.6) is 5.75 Å². The molecule has 2 saturated heterocycles. The van der Waals surface area contributed by atoms with Crippen molar-refractivity contribution in [1.82, 2.24) is 25.1 Å². The lowest BCUT2D eigenvalue weighted by Crippen LogP contribution is -2.52. The summed E-state index contributed by atoms with van der Waals surface area (Å²) in [5.41, 5.74) is 1.08. The summed E-state index contributed by atoms with van der Waals surface area (Å²) >= 11 is 11.1. The van der Waals surface area contributed by atoms with Crippen molar-refractivity contribution in [3.63, 3.8) is 0 Å². The number of hydrogen-bond acceptors (Lipinski definition) is 7. The van der Waals surface area contributed by atoms with E-state index in [9.17, 15) is 9.59 Å². The molecule has 3 heterocycles. The maximum Gasteiger partial charge on any atom is 0.317 e. The molecule has 41 heavy (non-hydrogen) atoms. The molecular weight excluding hydrogens is 571 g/mol. The van der Waals surface area contributed by atoms with Gasteiger partial charge in [0.25, 0.3) is 0 Å². The molecule has 1 aromatic heterocycles. The van der Waals surface area contributed by atoms with Crippen molar-refractivity contribution < 1.29 is 23.8 Å². The highest BCUT2D eigenvalue weighted by Crippen LogP contribution is 2.22. The van der Waals surface area contributed by atoms with Gasteiger partial charge < -0.3 is 39.2 Å². The van der Waals surface area contributed by atoms with Crippen LogP contribution in [-0.4, -0.2) is 91.8 Å². The van der Waals surface area contributed by atoms with Crippen LogP contribution in [-0.2, 0) is 20.8 Å². The number of ether oxygens (including phenoxy) is 3. The number of nitrogens with zero attached hydrogens (tertiary/aromatic N) is 4. The van der Waals surface area contributed by atoms with Crippen LogP contribution >= 0.6 is 23.2 Å². The van der Waals surface area contributed by atoms with Crippen LogP contribution in [0.3, 0.4) is 0 Å². The lowest BCUT2D eigenvalue weighted by molar-refractivity contribution is -0.119. The van der Waals surface area contributed by atoms with Gasteiger partial charge in [0.1, 0.15) is 18.5 Å². The van der Waals surface area contributed by atoms with E-state index >= 15 is 0 Å². The van der Waals surface area contributed by atoms with Gasteiger partial charge in [0.2, 0.25) is 5.91 Å². The van der Waals surface area contributed by atoms with Crippen molar-refractivity contribution in [2.45, 2.75) is 18.9 Å². The molecule has 5 rings (SSSR count). The summed E-state index contributed by atoms with van der Waals surface area (Å²) in [5.74, 6) is 0.554. The standard InChI is InChI=1S/C22H30N6O5.C6H4Cl2/c1-23-20(29)12-25-22(30)28-10-8-27(9-11-28)17-2-4-18(5-3-17)31-14-19-15-32-21(33-19)13-26-7-6-24-16-26;7-5-2-1-3-6(8)4-5/h2-7,16,19,21H,8-15H2,1H3,(H,23,29)(H,25,30);1-4H. The van der Waals surface area contributed by atoms with Gasteiger partial charge in [-0.25, -0.2) is 9.78 Å². The monoisotopic (exact) mass is 604 g/mol. The Balaban J connectivity index is 0.000000417. The smallest absolute Gasteiger partial charge is 0.317 e. The number of nitrogens with one attached hydrogen (secondary N) is 2. The molecule has 3 amide bonds. The Kier molecular flexibility index (Phi) is 11.5. The zero-order chi connectivity index (χ0) is 29.0. The second kappa shape index (κ2) is 15.5. The van der Waals surface area contributed by atoms with Gasteiger partial charge in [-0.1, -0.05) is 29.3 Å². The fourth-order valence-corrected chi connectivity index (χ4v) is 4.62. The number of urea groups is 1. The number of carbonyl (C=O) groups is 2. The molecule has 220 valence electrons. The average molecular weight is 606 g/mol. The normalized spacial score (nSPS) is 18.3. The van der Waals surface area contributed by atoms with E-state index in [1.54, 1.807) is 42.7 Å². The van der Waals surface area contributed by atoms with E-state index in [0.717, 1.165) is 24.5 Å². The van der Waals surface area contributed by atoms with Gasteiger partial charge in [-0.3, -0.25) is 4.79 Å². The summed E-state index contributed by atoms with van der Waals surface area (Å²) in [5, 5.41) is 6.47. The van der Waals surface area contributed by atoms with Crippen LogP contribution in [0.15, 0.2) is 67.3 Å². The Morgan fingerprint density at radius 2 is 1.80 bits per heavy atom. The molecule has 2 aliphatic rings. The summed E-state index contributed by atoms with van der Waals surface area (Å²) in [6.45, 7) is 4.14. The molecule has 3 aromatic rings. The second-order valence-electron chi connectivity index (χ2n) is 9.33. The van der Waals surface area contributed by atoms with Gasteiger partial charge in [-0.15, -0.1) is 0 Å². The number of aromatic nitrogens is 2. The molecule has 2 aromatic carbocycles. The van der Waals surface area contributed by atoms with Crippen LogP contribution in [0.4, 0.5) is 10.5 Å². The van der Waals surface area contributed by atoms with Crippen molar-refractivity contribution in [3.8, 4) is 5.75 Å². The van der Waals surface area contributed by atoms with Gasteiger partial charge in [-0.05, 0) is 42.5 Å². The number of amides is 3. The van der Waals surface area contributed by atoms with Crippen molar-refractivity contribution in [1.29, 1.82) is 0 Å². The molecule has 0 saturated carbocycles. The Bertz CT molecular complexity index is 1220. The molecule has 11 nitrogen and oxygen atoms in total. The highest BCUT2D eigenvalue weighted by Gasteiger charge is 2.27. The molecule has 2 atom stereocenters. The minimum atomic E-state index is -0.292. The third-order valence-electron chi connectivity index (χ3n) is 6.40. The predicted octanol–water partition coefficient (Wildman–Crippen LogP) is 3.27. The molecule has 0 aliphatic carbocycles. The Hall–Kier alpha value is -3.51. The lowest BCUT2D eigenvalue weighted by Gasteiger charge is -2.36. The van der Waals surface area contributed by atoms with Gasteiger partial charge in [-0.2, -0.15) is 0 Å². The van der Waals surface area contributed by atoms with E-state index in [1.165, 1.54) is 0 Å². The van der Waals surface area contributed by atoms with Crippen LogP contribution in [0.1, 0.15) is 0 Å². The van der Waals surface area contributed by atoms with Gasteiger partial charge >= 0.3 is 6.03 Å². The molecular formula is C28H34Cl2N6O5. The molecule has 2 fully saturated rings. The topological polar surface area (TPSA) is 110 Å². The summed E-state index contributed by atoms with van der Waals surface area (Å²) in [4.78, 5) is 31.4. The summed E-state index contributed by atoms with van der Waals surface area (Å²) in [6.07, 6.45) is 4.94. The predicted molar refractivity (Wildman–Crippen MR) is 156 cm³/mol. The van der Waals surface area contributed by atoms with E-state index < -0.39 is 0 Å². The van der Waals surface area contributed by atoms with Crippen LogP contribution in [0.25, 0.3) is 0 Å². The van der Waals surface area contributed by atoms with E-state index in [1.807, 2.05) is 41.1 Å². The number of anilines is 1. The first-order valence-electron chi connectivity index (χ1n) is 13.2. The number of imidazole rings is 1. The third kappa shape index (κ3) is 9.82. The fraction of sp³-hybridized carbons (Fsp3) is 0.393. The Labute approximate surface area is 249 Å². The average Bonchev–Trinajstić information content (AvgIpc) is 3.68.